The predicted octanol–water partition coefficient (Wildman–Crippen LogP) is 3.01. The summed E-state index contributed by atoms with van der Waals surface area (Å²) in [6, 6.07) is 1.74. The van der Waals surface area contributed by atoms with Gasteiger partial charge in [-0.2, -0.15) is 0 Å². The van der Waals surface area contributed by atoms with Crippen LogP contribution in [0.3, 0.4) is 0 Å². The van der Waals surface area contributed by atoms with Crippen molar-refractivity contribution in [3.05, 3.63) is 28.0 Å². The highest BCUT2D eigenvalue weighted by atomic mass is 32.1. The second kappa shape index (κ2) is 7.74. The first-order valence-corrected chi connectivity index (χ1v) is 7.15. The van der Waals surface area contributed by atoms with Gasteiger partial charge in [0.25, 0.3) is 5.91 Å². The van der Waals surface area contributed by atoms with Crippen LogP contribution < -0.4 is 5.32 Å². The summed E-state index contributed by atoms with van der Waals surface area (Å²) in [6.07, 6.45) is 4.52. The van der Waals surface area contributed by atoms with Gasteiger partial charge in [-0.25, -0.2) is 4.79 Å². The third-order valence-electron chi connectivity index (χ3n) is 2.55. The average molecular weight is 281 g/mol. The molecule has 0 aliphatic heterocycles. The van der Waals surface area contributed by atoms with E-state index < -0.39 is 5.97 Å². The standard InChI is InChI=1S/C14H19NO3S/c1-10(2)4-3-8-15-14(18)13-11(7-9-19-13)5-6-12(16)17/h5-7,9-10H,3-4,8H2,1-2H3,(H,15,18)(H,16,17). The molecule has 19 heavy (non-hydrogen) atoms. The van der Waals surface area contributed by atoms with Crippen molar-refractivity contribution in [2.45, 2.75) is 26.7 Å². The molecule has 0 unspecified atom stereocenters. The van der Waals surface area contributed by atoms with Crippen LogP contribution >= 0.6 is 11.3 Å². The number of nitrogens with one attached hydrogen (secondary N) is 1. The van der Waals surface area contributed by atoms with Crippen LogP contribution in [0.2, 0.25) is 0 Å². The van der Waals surface area contributed by atoms with Crippen molar-refractivity contribution < 1.29 is 14.7 Å². The highest BCUT2D eigenvalue weighted by Gasteiger charge is 2.11. The van der Waals surface area contributed by atoms with Crippen LogP contribution in [0.1, 0.15) is 41.9 Å². The molecule has 0 atom stereocenters. The predicted molar refractivity (Wildman–Crippen MR) is 77.4 cm³/mol. The highest BCUT2D eigenvalue weighted by molar-refractivity contribution is 7.12. The molecule has 0 saturated carbocycles. The number of hydrogen-bond acceptors (Lipinski definition) is 3. The number of carboxylic acid groups (broad SMARTS) is 1. The fourth-order valence-corrected chi connectivity index (χ4v) is 2.39. The Morgan fingerprint density at radius 1 is 1.47 bits per heavy atom. The third kappa shape index (κ3) is 5.70. The van der Waals surface area contributed by atoms with Crippen LogP contribution in [0.15, 0.2) is 17.5 Å². The smallest absolute Gasteiger partial charge is 0.328 e. The van der Waals surface area contributed by atoms with E-state index in [0.717, 1.165) is 18.9 Å². The summed E-state index contributed by atoms with van der Waals surface area (Å²) in [5.41, 5.74) is 0.647. The molecule has 0 radical (unpaired) electrons. The van der Waals surface area contributed by atoms with Gasteiger partial charge in [0.05, 0.1) is 4.88 Å². The normalized spacial score (nSPS) is 11.1. The lowest BCUT2D eigenvalue weighted by atomic mass is 10.1. The Balaban J connectivity index is 2.53. The van der Waals surface area contributed by atoms with Crippen LogP contribution in [-0.2, 0) is 4.79 Å². The van der Waals surface area contributed by atoms with Crippen molar-refractivity contribution in [3.63, 3.8) is 0 Å². The maximum atomic E-state index is 11.9. The monoisotopic (exact) mass is 281 g/mol. The van der Waals surface area contributed by atoms with Crippen molar-refractivity contribution >= 4 is 29.3 Å². The summed E-state index contributed by atoms with van der Waals surface area (Å²) in [4.78, 5) is 23.0. The summed E-state index contributed by atoms with van der Waals surface area (Å²) >= 11 is 1.32. The first-order valence-electron chi connectivity index (χ1n) is 6.27. The van der Waals surface area contributed by atoms with Crippen LogP contribution in [0, 0.1) is 5.92 Å². The molecule has 0 aliphatic rings. The van der Waals surface area contributed by atoms with Gasteiger partial charge < -0.3 is 10.4 Å². The number of carbonyl (C=O) groups excluding carboxylic acids is 1. The summed E-state index contributed by atoms with van der Waals surface area (Å²) < 4.78 is 0. The van der Waals surface area contributed by atoms with Crippen molar-refractivity contribution in [2.75, 3.05) is 6.54 Å². The fraction of sp³-hybridized carbons (Fsp3) is 0.429. The molecule has 0 fully saturated rings. The summed E-state index contributed by atoms with van der Waals surface area (Å²) in [6.45, 7) is 4.95. The lowest BCUT2D eigenvalue weighted by Gasteiger charge is -2.06. The molecule has 5 heteroatoms. The zero-order valence-electron chi connectivity index (χ0n) is 11.2. The SMILES string of the molecule is CC(C)CCCNC(=O)c1sccc1C=CC(=O)O. The molecule has 0 aromatic carbocycles. The van der Waals surface area contributed by atoms with Crippen LogP contribution in [0.5, 0.6) is 0 Å². The molecule has 0 spiro atoms. The molecule has 1 aromatic heterocycles. The zero-order valence-corrected chi connectivity index (χ0v) is 12.0. The molecule has 4 nitrogen and oxygen atoms in total. The molecule has 0 saturated heterocycles. The second-order valence-corrected chi connectivity index (χ2v) is 5.58. The first-order chi connectivity index (χ1) is 9.00. The summed E-state index contributed by atoms with van der Waals surface area (Å²) in [7, 11) is 0. The van der Waals surface area contributed by atoms with E-state index in [1.165, 1.54) is 17.4 Å². The van der Waals surface area contributed by atoms with Crippen molar-refractivity contribution in [1.29, 1.82) is 0 Å². The van der Waals surface area contributed by atoms with Gasteiger partial charge in [-0.15, -0.1) is 11.3 Å². The highest BCUT2D eigenvalue weighted by Crippen LogP contribution is 2.18. The fourth-order valence-electron chi connectivity index (χ4n) is 1.59. The quantitative estimate of drug-likeness (QED) is 0.596. The van der Waals surface area contributed by atoms with Crippen molar-refractivity contribution in [3.8, 4) is 0 Å². The van der Waals surface area contributed by atoms with Crippen LogP contribution in [0.25, 0.3) is 6.08 Å². The number of carbonyl (C=O) groups is 2. The largest absolute Gasteiger partial charge is 0.478 e. The molecule has 1 rings (SSSR count). The second-order valence-electron chi connectivity index (χ2n) is 4.67. The number of carboxylic acids is 1. The van der Waals surface area contributed by atoms with Gasteiger partial charge >= 0.3 is 5.97 Å². The molecule has 2 N–H and O–H groups in total. The summed E-state index contributed by atoms with van der Waals surface area (Å²) in [5, 5.41) is 13.2. The lowest BCUT2D eigenvalue weighted by molar-refractivity contribution is -0.131. The number of thiophene rings is 1. The Morgan fingerprint density at radius 3 is 2.84 bits per heavy atom. The summed E-state index contributed by atoms with van der Waals surface area (Å²) in [5.74, 6) is -0.522. The van der Waals surface area contributed by atoms with E-state index in [9.17, 15) is 9.59 Å². The Hall–Kier alpha value is -1.62. The topological polar surface area (TPSA) is 66.4 Å². The lowest BCUT2D eigenvalue weighted by Crippen LogP contribution is -2.24. The van der Waals surface area contributed by atoms with E-state index in [1.807, 2.05) is 0 Å². The van der Waals surface area contributed by atoms with Gasteiger partial charge in [0.2, 0.25) is 0 Å². The van der Waals surface area contributed by atoms with E-state index in [1.54, 1.807) is 11.4 Å². The van der Waals surface area contributed by atoms with Gasteiger partial charge in [-0.05, 0) is 41.8 Å². The molecule has 104 valence electrons. The van der Waals surface area contributed by atoms with Crippen molar-refractivity contribution in [2.24, 2.45) is 5.92 Å². The number of hydrogen-bond donors (Lipinski definition) is 2. The minimum Gasteiger partial charge on any atom is -0.478 e. The Bertz CT molecular complexity index is 463. The van der Waals surface area contributed by atoms with Gasteiger partial charge in [0, 0.05) is 12.6 Å². The molecule has 1 heterocycles. The average Bonchev–Trinajstić information content (AvgIpc) is 2.79. The maximum Gasteiger partial charge on any atom is 0.328 e. The molecule has 1 aromatic rings. The third-order valence-corrected chi connectivity index (χ3v) is 3.48. The van der Waals surface area contributed by atoms with Gasteiger partial charge in [0.15, 0.2) is 0 Å². The van der Waals surface area contributed by atoms with E-state index in [0.29, 0.717) is 22.9 Å². The number of rotatable bonds is 7. The minimum absolute atomic E-state index is 0.135. The molecule has 0 aliphatic carbocycles. The van der Waals surface area contributed by atoms with E-state index in [2.05, 4.69) is 19.2 Å². The first kappa shape index (κ1) is 15.4. The van der Waals surface area contributed by atoms with Gasteiger partial charge in [0.1, 0.15) is 0 Å². The zero-order chi connectivity index (χ0) is 14.3. The van der Waals surface area contributed by atoms with Crippen LogP contribution in [0.4, 0.5) is 0 Å². The number of amides is 1. The maximum absolute atomic E-state index is 11.9. The van der Waals surface area contributed by atoms with E-state index >= 15 is 0 Å². The Morgan fingerprint density at radius 2 is 2.21 bits per heavy atom. The van der Waals surface area contributed by atoms with Gasteiger partial charge in [-0.3, -0.25) is 4.79 Å². The number of aliphatic carboxylic acids is 1. The Labute approximate surface area is 117 Å². The van der Waals surface area contributed by atoms with Crippen LogP contribution in [-0.4, -0.2) is 23.5 Å². The van der Waals surface area contributed by atoms with E-state index in [-0.39, 0.29) is 5.91 Å². The Kier molecular flexibility index (Phi) is 6.29. The molecular formula is C14H19NO3S. The molecule has 0 bridgehead atoms. The minimum atomic E-state index is -1.02. The van der Waals surface area contributed by atoms with Crippen molar-refractivity contribution in [1.82, 2.24) is 5.32 Å². The molecular weight excluding hydrogens is 262 g/mol. The molecule has 1 amide bonds. The van der Waals surface area contributed by atoms with Gasteiger partial charge in [-0.1, -0.05) is 13.8 Å². The van der Waals surface area contributed by atoms with E-state index in [4.69, 9.17) is 5.11 Å².